The van der Waals surface area contributed by atoms with Gasteiger partial charge in [-0.15, -0.1) is 0 Å². The predicted molar refractivity (Wildman–Crippen MR) is 73.3 cm³/mol. The van der Waals surface area contributed by atoms with Gasteiger partial charge in [-0.25, -0.2) is 0 Å². The van der Waals surface area contributed by atoms with Crippen molar-refractivity contribution >= 4 is 5.91 Å². The van der Waals surface area contributed by atoms with E-state index in [0.717, 1.165) is 25.8 Å². The number of carbonyl (C=O) groups excluding carboxylic acids is 1. The van der Waals surface area contributed by atoms with Crippen LogP contribution in [0.1, 0.15) is 52.4 Å². The maximum Gasteiger partial charge on any atom is 0.249 e. The summed E-state index contributed by atoms with van der Waals surface area (Å²) in [7, 11) is 0. The van der Waals surface area contributed by atoms with Gasteiger partial charge >= 0.3 is 0 Å². The number of rotatable bonds is 8. The lowest BCUT2D eigenvalue weighted by atomic mass is 9.99. The first kappa shape index (κ1) is 15.4. The summed E-state index contributed by atoms with van der Waals surface area (Å²) in [4.78, 5) is 11.9. The Labute approximate surface area is 111 Å². The van der Waals surface area contributed by atoms with Gasteiger partial charge in [0, 0.05) is 13.1 Å². The van der Waals surface area contributed by atoms with E-state index in [4.69, 9.17) is 10.5 Å². The lowest BCUT2D eigenvalue weighted by molar-refractivity contribution is -0.132. The molecule has 4 heteroatoms. The van der Waals surface area contributed by atoms with Gasteiger partial charge < -0.3 is 15.8 Å². The Hall–Kier alpha value is -0.610. The van der Waals surface area contributed by atoms with Crippen molar-refractivity contribution in [1.29, 1.82) is 0 Å². The van der Waals surface area contributed by atoms with E-state index in [9.17, 15) is 4.79 Å². The molecule has 106 valence electrons. The van der Waals surface area contributed by atoms with E-state index in [-0.39, 0.29) is 18.1 Å². The fourth-order valence-corrected chi connectivity index (χ4v) is 2.37. The number of hydrogen-bond donors (Lipinski definition) is 2. The Morgan fingerprint density at radius 3 is 2.78 bits per heavy atom. The molecule has 3 atom stereocenters. The van der Waals surface area contributed by atoms with Gasteiger partial charge in [-0.2, -0.15) is 0 Å². The molecule has 1 saturated heterocycles. The van der Waals surface area contributed by atoms with E-state index in [1.54, 1.807) is 0 Å². The Morgan fingerprint density at radius 1 is 1.44 bits per heavy atom. The molecule has 0 aromatic rings. The summed E-state index contributed by atoms with van der Waals surface area (Å²) in [6, 6.07) is 0. The van der Waals surface area contributed by atoms with Crippen molar-refractivity contribution < 1.29 is 9.53 Å². The summed E-state index contributed by atoms with van der Waals surface area (Å²) < 4.78 is 5.58. The van der Waals surface area contributed by atoms with Gasteiger partial charge in [0.15, 0.2) is 0 Å². The Morgan fingerprint density at radius 2 is 2.22 bits per heavy atom. The standard InChI is InChI=1S/C14H28N2O2/c1-3-5-6-11(4-2)10-16-14(17)13-8-7-12(9-15)18-13/h11-13H,3-10,15H2,1-2H3,(H,16,17)/t11?,12-,13+/m1/s1. The molecule has 0 aromatic carbocycles. The molecule has 1 aliphatic rings. The lowest BCUT2D eigenvalue weighted by Crippen LogP contribution is -2.38. The van der Waals surface area contributed by atoms with Crippen LogP contribution in [0, 0.1) is 5.92 Å². The van der Waals surface area contributed by atoms with E-state index in [2.05, 4.69) is 19.2 Å². The van der Waals surface area contributed by atoms with E-state index in [0.29, 0.717) is 12.5 Å². The first-order valence-electron chi connectivity index (χ1n) is 7.34. The summed E-state index contributed by atoms with van der Waals surface area (Å²) >= 11 is 0. The molecule has 1 aliphatic heterocycles. The normalized spacial score (nSPS) is 25.1. The number of ether oxygens (including phenoxy) is 1. The van der Waals surface area contributed by atoms with Crippen LogP contribution >= 0.6 is 0 Å². The highest BCUT2D eigenvalue weighted by Gasteiger charge is 2.29. The smallest absolute Gasteiger partial charge is 0.249 e. The molecule has 3 N–H and O–H groups in total. The average molecular weight is 256 g/mol. The molecule has 1 heterocycles. The highest BCUT2D eigenvalue weighted by Crippen LogP contribution is 2.19. The van der Waals surface area contributed by atoms with Gasteiger partial charge in [0.1, 0.15) is 6.10 Å². The van der Waals surface area contributed by atoms with Crippen LogP contribution in [0.15, 0.2) is 0 Å². The molecule has 0 bridgehead atoms. The van der Waals surface area contributed by atoms with Gasteiger partial charge in [-0.3, -0.25) is 4.79 Å². The second-order valence-electron chi connectivity index (χ2n) is 5.22. The summed E-state index contributed by atoms with van der Waals surface area (Å²) in [6.45, 7) is 5.67. The van der Waals surface area contributed by atoms with Gasteiger partial charge in [0.25, 0.3) is 0 Å². The van der Waals surface area contributed by atoms with Crippen molar-refractivity contribution in [2.24, 2.45) is 11.7 Å². The third-order valence-electron chi connectivity index (χ3n) is 3.77. The minimum absolute atomic E-state index is 0.0425. The zero-order valence-electron chi connectivity index (χ0n) is 11.8. The Kier molecular flexibility index (Phi) is 7.28. The fourth-order valence-electron chi connectivity index (χ4n) is 2.37. The van der Waals surface area contributed by atoms with Crippen LogP contribution in [0.4, 0.5) is 0 Å². The van der Waals surface area contributed by atoms with E-state index >= 15 is 0 Å². The van der Waals surface area contributed by atoms with E-state index in [1.807, 2.05) is 0 Å². The molecule has 0 aromatic heterocycles. The average Bonchev–Trinajstić information content (AvgIpc) is 2.87. The third-order valence-corrected chi connectivity index (χ3v) is 3.77. The first-order valence-corrected chi connectivity index (χ1v) is 7.34. The molecule has 0 aliphatic carbocycles. The van der Waals surface area contributed by atoms with Crippen LogP contribution in [0.3, 0.4) is 0 Å². The van der Waals surface area contributed by atoms with Crippen molar-refractivity contribution in [3.05, 3.63) is 0 Å². The van der Waals surface area contributed by atoms with Crippen LogP contribution in [0.25, 0.3) is 0 Å². The van der Waals surface area contributed by atoms with E-state index in [1.165, 1.54) is 19.3 Å². The second-order valence-corrected chi connectivity index (χ2v) is 5.22. The van der Waals surface area contributed by atoms with Crippen molar-refractivity contribution in [2.45, 2.75) is 64.6 Å². The lowest BCUT2D eigenvalue weighted by Gasteiger charge is -2.17. The molecule has 1 amide bonds. The van der Waals surface area contributed by atoms with Crippen molar-refractivity contribution in [3.8, 4) is 0 Å². The number of nitrogens with one attached hydrogen (secondary N) is 1. The predicted octanol–water partition coefficient (Wildman–Crippen LogP) is 1.83. The van der Waals surface area contributed by atoms with Gasteiger partial charge in [0.05, 0.1) is 6.10 Å². The Bertz CT molecular complexity index is 246. The number of amides is 1. The zero-order valence-corrected chi connectivity index (χ0v) is 11.8. The fraction of sp³-hybridized carbons (Fsp3) is 0.929. The Balaban J connectivity index is 2.23. The number of hydrogen-bond acceptors (Lipinski definition) is 3. The summed E-state index contributed by atoms with van der Waals surface area (Å²) in [5.41, 5.74) is 5.54. The molecule has 0 radical (unpaired) electrons. The van der Waals surface area contributed by atoms with Crippen molar-refractivity contribution in [2.75, 3.05) is 13.1 Å². The highest BCUT2D eigenvalue weighted by molar-refractivity contribution is 5.81. The topological polar surface area (TPSA) is 64.4 Å². The SMILES string of the molecule is CCCCC(CC)CNC(=O)[C@@H]1CC[C@H](CN)O1. The molecule has 0 saturated carbocycles. The minimum atomic E-state index is -0.276. The molecule has 1 fully saturated rings. The monoisotopic (exact) mass is 256 g/mol. The highest BCUT2D eigenvalue weighted by atomic mass is 16.5. The van der Waals surface area contributed by atoms with Crippen LogP contribution in [0.2, 0.25) is 0 Å². The summed E-state index contributed by atoms with van der Waals surface area (Å²) in [5, 5.41) is 3.02. The zero-order chi connectivity index (χ0) is 13.4. The molecule has 4 nitrogen and oxygen atoms in total. The van der Waals surface area contributed by atoms with Crippen LogP contribution in [-0.2, 0) is 9.53 Å². The van der Waals surface area contributed by atoms with Gasteiger partial charge in [-0.05, 0) is 25.2 Å². The minimum Gasteiger partial charge on any atom is -0.364 e. The molecule has 1 unspecified atom stereocenters. The quantitative estimate of drug-likeness (QED) is 0.696. The number of carbonyl (C=O) groups is 1. The van der Waals surface area contributed by atoms with Gasteiger partial charge in [-0.1, -0.05) is 33.1 Å². The maximum atomic E-state index is 11.9. The first-order chi connectivity index (χ1) is 8.71. The summed E-state index contributed by atoms with van der Waals surface area (Å²) in [5.74, 6) is 0.640. The molecule has 0 spiro atoms. The summed E-state index contributed by atoms with van der Waals surface area (Å²) in [6.07, 6.45) is 6.28. The molecule has 1 rings (SSSR count). The maximum absolute atomic E-state index is 11.9. The van der Waals surface area contributed by atoms with Crippen LogP contribution in [-0.4, -0.2) is 31.2 Å². The van der Waals surface area contributed by atoms with E-state index < -0.39 is 0 Å². The number of nitrogens with two attached hydrogens (primary N) is 1. The van der Waals surface area contributed by atoms with Crippen LogP contribution in [0.5, 0.6) is 0 Å². The second kappa shape index (κ2) is 8.48. The van der Waals surface area contributed by atoms with Gasteiger partial charge in [0.2, 0.25) is 5.91 Å². The number of unbranched alkanes of at least 4 members (excludes halogenated alkanes) is 1. The largest absolute Gasteiger partial charge is 0.364 e. The molecular formula is C14H28N2O2. The molecule has 18 heavy (non-hydrogen) atoms. The van der Waals surface area contributed by atoms with Crippen molar-refractivity contribution in [3.63, 3.8) is 0 Å². The van der Waals surface area contributed by atoms with Crippen molar-refractivity contribution in [1.82, 2.24) is 5.32 Å². The third kappa shape index (κ3) is 4.94. The molecular weight excluding hydrogens is 228 g/mol. The van der Waals surface area contributed by atoms with Crippen LogP contribution < -0.4 is 11.1 Å².